The van der Waals surface area contributed by atoms with Crippen LogP contribution in [0.5, 0.6) is 0 Å². The quantitative estimate of drug-likeness (QED) is 0.657. The third kappa shape index (κ3) is 4.77. The number of nitrogens with zero attached hydrogens (tertiary/aromatic N) is 2. The second-order valence-electron chi connectivity index (χ2n) is 7.07. The third-order valence-corrected chi connectivity index (χ3v) is 4.99. The van der Waals surface area contributed by atoms with Gasteiger partial charge in [0.15, 0.2) is 5.82 Å². The van der Waals surface area contributed by atoms with Crippen molar-refractivity contribution in [2.24, 2.45) is 0 Å². The lowest BCUT2D eigenvalue weighted by molar-refractivity contribution is 0.0982. The van der Waals surface area contributed by atoms with Gasteiger partial charge in [-0.25, -0.2) is 9.78 Å². The minimum atomic E-state index is -0.327. The number of alkyl carbamates (subject to hydrolysis) is 1. The molecule has 8 nitrogen and oxygen atoms in total. The Morgan fingerprint density at radius 1 is 1.15 bits per heavy atom. The van der Waals surface area contributed by atoms with E-state index < -0.39 is 0 Å². The Labute approximate surface area is 158 Å². The summed E-state index contributed by atoms with van der Waals surface area (Å²) in [4.78, 5) is 16.5. The van der Waals surface area contributed by atoms with Crippen LogP contribution < -0.4 is 10.6 Å². The molecule has 2 aliphatic rings. The van der Waals surface area contributed by atoms with Gasteiger partial charge in [0.05, 0.1) is 12.3 Å². The molecule has 0 aromatic carbocycles. The molecular weight excluding hydrogens is 346 g/mol. The summed E-state index contributed by atoms with van der Waals surface area (Å²) in [5.41, 5.74) is 1.93. The molecule has 6 bridgehead atoms. The first kappa shape index (κ1) is 17.8. The lowest BCUT2D eigenvalue weighted by atomic mass is 10.0. The van der Waals surface area contributed by atoms with Crippen LogP contribution in [0.25, 0.3) is 0 Å². The molecule has 4 rings (SSSR count). The largest absolute Gasteiger partial charge is 0.446 e. The van der Waals surface area contributed by atoms with Crippen LogP contribution in [-0.4, -0.2) is 40.5 Å². The number of carbonyl (C=O) groups excluding carboxylic acids is 1. The second-order valence-corrected chi connectivity index (χ2v) is 7.07. The van der Waals surface area contributed by atoms with Crippen LogP contribution in [-0.2, 0) is 16.1 Å². The zero-order valence-corrected chi connectivity index (χ0v) is 15.2. The van der Waals surface area contributed by atoms with Crippen molar-refractivity contribution in [1.82, 2.24) is 20.5 Å². The molecular formula is C19H25N5O3. The molecule has 27 heavy (non-hydrogen) atoms. The molecule has 1 amide bonds. The summed E-state index contributed by atoms with van der Waals surface area (Å²) in [6, 6.07) is 7.82. The number of carbonyl (C=O) groups is 1. The highest BCUT2D eigenvalue weighted by Crippen LogP contribution is 2.36. The topological polar surface area (TPSA) is 101 Å². The molecule has 3 N–H and O–H groups in total. The van der Waals surface area contributed by atoms with Gasteiger partial charge in [0.1, 0.15) is 11.9 Å². The summed E-state index contributed by atoms with van der Waals surface area (Å²) in [5, 5.41) is 13.5. The molecule has 3 heterocycles. The number of hydrogen-bond acceptors (Lipinski definition) is 6. The summed E-state index contributed by atoms with van der Waals surface area (Å²) >= 11 is 0. The van der Waals surface area contributed by atoms with Gasteiger partial charge in [-0.1, -0.05) is 6.07 Å². The van der Waals surface area contributed by atoms with Gasteiger partial charge < -0.3 is 20.1 Å². The molecule has 2 aromatic heterocycles. The fourth-order valence-electron chi connectivity index (χ4n) is 3.59. The van der Waals surface area contributed by atoms with Gasteiger partial charge >= 0.3 is 6.09 Å². The summed E-state index contributed by atoms with van der Waals surface area (Å²) in [6.45, 7) is 1.68. The van der Waals surface area contributed by atoms with E-state index in [1.165, 1.54) is 0 Å². The first-order valence-electron chi connectivity index (χ1n) is 9.57. The van der Waals surface area contributed by atoms with Crippen LogP contribution in [0.3, 0.4) is 0 Å². The number of H-pyrrole nitrogens is 1. The van der Waals surface area contributed by atoms with Crippen LogP contribution in [0.2, 0.25) is 0 Å². The van der Waals surface area contributed by atoms with Crippen molar-refractivity contribution in [3.8, 4) is 0 Å². The van der Waals surface area contributed by atoms with Crippen molar-refractivity contribution in [2.45, 2.75) is 50.7 Å². The maximum absolute atomic E-state index is 11.9. The van der Waals surface area contributed by atoms with E-state index in [1.54, 1.807) is 0 Å². The number of pyridine rings is 1. The number of amides is 1. The van der Waals surface area contributed by atoms with E-state index in [0.29, 0.717) is 25.7 Å². The highest BCUT2D eigenvalue weighted by molar-refractivity contribution is 5.67. The molecule has 2 aromatic rings. The normalized spacial score (nSPS) is 23.9. The van der Waals surface area contributed by atoms with Crippen molar-refractivity contribution in [3.63, 3.8) is 0 Å². The molecule has 144 valence electrons. The molecule has 0 radical (unpaired) electrons. The average Bonchev–Trinajstić information content (AvgIpc) is 3.30. The number of hydrogen-bond donors (Lipinski definition) is 3. The van der Waals surface area contributed by atoms with E-state index >= 15 is 0 Å². The number of ether oxygens (including phenoxy) is 2. The summed E-state index contributed by atoms with van der Waals surface area (Å²) < 4.78 is 11.2. The number of anilines is 2. The van der Waals surface area contributed by atoms with Gasteiger partial charge in [-0.15, -0.1) is 0 Å². The highest BCUT2D eigenvalue weighted by atomic mass is 16.6. The maximum Gasteiger partial charge on any atom is 0.407 e. The molecule has 1 saturated carbocycles. The minimum absolute atomic E-state index is 0.0431. The number of rotatable bonds is 0. The van der Waals surface area contributed by atoms with Gasteiger partial charge in [0.2, 0.25) is 0 Å². The molecule has 8 heteroatoms. The predicted molar refractivity (Wildman–Crippen MR) is 99.9 cm³/mol. The van der Waals surface area contributed by atoms with Crippen LogP contribution >= 0.6 is 0 Å². The van der Waals surface area contributed by atoms with Crippen LogP contribution in [0.1, 0.15) is 49.4 Å². The number of nitrogens with one attached hydrogen (secondary N) is 3. The Morgan fingerprint density at radius 3 is 3.07 bits per heavy atom. The first-order valence-corrected chi connectivity index (χ1v) is 9.57. The predicted octanol–water partition coefficient (Wildman–Crippen LogP) is 3.22. The molecule has 2 atom stereocenters. The van der Waals surface area contributed by atoms with E-state index in [-0.39, 0.29) is 12.2 Å². The smallest absolute Gasteiger partial charge is 0.407 e. The Hall–Kier alpha value is -2.61. The van der Waals surface area contributed by atoms with Crippen LogP contribution in [0, 0.1) is 0 Å². The summed E-state index contributed by atoms with van der Waals surface area (Å²) in [7, 11) is 0. The van der Waals surface area contributed by atoms with E-state index in [2.05, 4.69) is 25.8 Å². The van der Waals surface area contributed by atoms with Crippen molar-refractivity contribution in [1.29, 1.82) is 0 Å². The lowest BCUT2D eigenvalue weighted by Crippen LogP contribution is -2.29. The Morgan fingerprint density at radius 2 is 2.11 bits per heavy atom. The molecule has 1 aliphatic carbocycles. The lowest BCUT2D eigenvalue weighted by Gasteiger charge is -2.13. The molecule has 1 aliphatic heterocycles. The van der Waals surface area contributed by atoms with Crippen molar-refractivity contribution in [2.75, 3.05) is 18.5 Å². The van der Waals surface area contributed by atoms with Crippen LogP contribution in [0.15, 0.2) is 24.3 Å². The summed E-state index contributed by atoms with van der Waals surface area (Å²) in [6.07, 6.45) is 4.02. The van der Waals surface area contributed by atoms with E-state index in [9.17, 15) is 4.79 Å². The first-order chi connectivity index (χ1) is 13.3. The number of aromatic nitrogens is 3. The average molecular weight is 371 g/mol. The SMILES string of the molecule is O=C1NCCCCOCc2cccc(n2)Nc2cc([nH]n2)[C@H]2CC[C@H](C2)O1. The zero-order chi connectivity index (χ0) is 18.5. The van der Waals surface area contributed by atoms with Gasteiger partial charge in [-0.3, -0.25) is 5.10 Å². The van der Waals surface area contributed by atoms with Gasteiger partial charge in [-0.2, -0.15) is 5.10 Å². The van der Waals surface area contributed by atoms with Crippen molar-refractivity contribution in [3.05, 3.63) is 35.7 Å². The molecule has 0 saturated heterocycles. The summed E-state index contributed by atoms with van der Waals surface area (Å²) in [5.74, 6) is 1.80. The Balaban J connectivity index is 1.48. The van der Waals surface area contributed by atoms with E-state index in [4.69, 9.17) is 9.47 Å². The highest BCUT2D eigenvalue weighted by Gasteiger charge is 2.29. The van der Waals surface area contributed by atoms with Gasteiger partial charge in [-0.05, 0) is 44.2 Å². The number of aromatic amines is 1. The van der Waals surface area contributed by atoms with E-state index in [1.807, 2.05) is 24.3 Å². The second kappa shape index (κ2) is 8.39. The number of fused-ring (bicyclic) bond motifs is 7. The van der Waals surface area contributed by atoms with E-state index in [0.717, 1.165) is 55.1 Å². The minimum Gasteiger partial charge on any atom is -0.446 e. The van der Waals surface area contributed by atoms with Crippen LogP contribution in [0.4, 0.5) is 16.4 Å². The Bertz CT molecular complexity index is 778. The Kier molecular flexibility index (Phi) is 5.53. The third-order valence-electron chi connectivity index (χ3n) is 4.99. The van der Waals surface area contributed by atoms with Gasteiger partial charge in [0, 0.05) is 30.8 Å². The zero-order valence-electron chi connectivity index (χ0n) is 15.2. The fraction of sp³-hybridized carbons (Fsp3) is 0.526. The molecule has 1 fully saturated rings. The molecule has 0 unspecified atom stereocenters. The fourth-order valence-corrected chi connectivity index (χ4v) is 3.59. The van der Waals surface area contributed by atoms with Crippen molar-refractivity contribution >= 4 is 17.7 Å². The maximum atomic E-state index is 11.9. The molecule has 0 spiro atoms. The van der Waals surface area contributed by atoms with Gasteiger partial charge in [0.25, 0.3) is 0 Å². The van der Waals surface area contributed by atoms with Crippen molar-refractivity contribution < 1.29 is 14.3 Å². The standard InChI is InChI=1S/C19H25N5O3/c25-19-20-8-1-2-9-26-12-14-4-3-5-17(21-14)22-18-11-16(23-24-18)13-6-7-15(10-13)27-19/h3-5,11,13,15H,1-2,6-10,12H2,(H,20,25)(H2,21,22,23,24)/t13-,15+/m0/s1. The monoisotopic (exact) mass is 371 g/mol.